The minimum atomic E-state index is -2.95. The van der Waals surface area contributed by atoms with Gasteiger partial charge in [-0.25, -0.2) is 13.4 Å². The summed E-state index contributed by atoms with van der Waals surface area (Å²) < 4.78 is 23.0. The topological polar surface area (TPSA) is 75.2 Å². The number of pyridine rings is 2. The second-order valence-corrected chi connectivity index (χ2v) is 10.1. The highest BCUT2D eigenvalue weighted by Crippen LogP contribution is 2.29. The van der Waals surface area contributed by atoms with E-state index in [1.807, 2.05) is 37.3 Å². The molecule has 1 aromatic carbocycles. The maximum Gasteiger partial charge on any atom is 0.148 e. The molecule has 6 nitrogen and oxygen atoms in total. The zero-order valence-corrected chi connectivity index (χ0v) is 18.1. The zero-order valence-electron chi connectivity index (χ0n) is 17.3. The van der Waals surface area contributed by atoms with Gasteiger partial charge in [0, 0.05) is 37.8 Å². The summed E-state index contributed by atoms with van der Waals surface area (Å²) in [6.45, 7) is 4.22. The van der Waals surface area contributed by atoms with Gasteiger partial charge in [0.15, 0.2) is 0 Å². The normalized spacial score (nSPS) is 14.3. The fraction of sp³-hybridized carbons (Fsp3) is 0.304. The minimum Gasteiger partial charge on any atom is -0.340 e. The summed E-state index contributed by atoms with van der Waals surface area (Å²) in [4.78, 5) is 11.4. The van der Waals surface area contributed by atoms with E-state index in [-0.39, 0.29) is 5.75 Å². The standard InChI is InChI=1S/C23H26N4O2S/c1-17-9-10-22(26-23(17)21-7-3-4-12-24-21)25-20-8-5-6-18-16-27(13-11-19(18)20)14-15-30(2,28)29/h3-10,12H,11,13-16H2,1-2H3,(H,25,26). The Morgan fingerprint density at radius 1 is 1.10 bits per heavy atom. The summed E-state index contributed by atoms with van der Waals surface area (Å²) in [6.07, 6.45) is 3.95. The molecule has 0 amide bonds. The molecular weight excluding hydrogens is 396 g/mol. The molecule has 0 unspecified atom stereocenters. The van der Waals surface area contributed by atoms with Crippen LogP contribution in [0.15, 0.2) is 54.7 Å². The van der Waals surface area contributed by atoms with E-state index in [4.69, 9.17) is 4.98 Å². The molecule has 156 valence electrons. The Balaban J connectivity index is 1.55. The number of hydrogen-bond donors (Lipinski definition) is 1. The highest BCUT2D eigenvalue weighted by molar-refractivity contribution is 7.90. The Labute approximate surface area is 177 Å². The fourth-order valence-electron chi connectivity index (χ4n) is 3.77. The number of aryl methyl sites for hydroxylation is 1. The first-order valence-electron chi connectivity index (χ1n) is 10.1. The number of nitrogens with one attached hydrogen (secondary N) is 1. The van der Waals surface area contributed by atoms with Crippen molar-refractivity contribution in [3.05, 3.63) is 71.4 Å². The largest absolute Gasteiger partial charge is 0.340 e. The molecule has 30 heavy (non-hydrogen) atoms. The van der Waals surface area contributed by atoms with Gasteiger partial charge in [0.05, 0.1) is 17.1 Å². The Morgan fingerprint density at radius 3 is 2.73 bits per heavy atom. The van der Waals surface area contributed by atoms with Crippen molar-refractivity contribution in [2.45, 2.75) is 19.9 Å². The summed E-state index contributed by atoms with van der Waals surface area (Å²) in [6, 6.07) is 16.1. The van der Waals surface area contributed by atoms with Crippen LogP contribution in [0, 0.1) is 6.92 Å². The average Bonchev–Trinajstić information content (AvgIpc) is 2.74. The first-order chi connectivity index (χ1) is 14.4. The number of benzene rings is 1. The third kappa shape index (κ3) is 4.86. The molecule has 0 bridgehead atoms. The predicted octanol–water partition coefficient (Wildman–Crippen LogP) is 3.60. The quantitative estimate of drug-likeness (QED) is 0.654. The first-order valence-corrected chi connectivity index (χ1v) is 12.1. The summed E-state index contributed by atoms with van der Waals surface area (Å²) >= 11 is 0. The molecule has 0 saturated carbocycles. The second kappa shape index (κ2) is 8.53. The predicted molar refractivity (Wildman–Crippen MR) is 121 cm³/mol. The lowest BCUT2D eigenvalue weighted by Gasteiger charge is -2.30. The van der Waals surface area contributed by atoms with Gasteiger partial charge in [-0.05, 0) is 54.3 Å². The van der Waals surface area contributed by atoms with Crippen LogP contribution in [-0.4, -0.2) is 48.4 Å². The van der Waals surface area contributed by atoms with Crippen LogP contribution in [0.1, 0.15) is 16.7 Å². The van der Waals surface area contributed by atoms with Gasteiger partial charge in [0.2, 0.25) is 0 Å². The molecule has 0 saturated heterocycles. The van der Waals surface area contributed by atoms with E-state index >= 15 is 0 Å². The Morgan fingerprint density at radius 2 is 1.97 bits per heavy atom. The lowest BCUT2D eigenvalue weighted by atomic mass is 9.97. The number of sulfone groups is 1. The molecule has 1 aliphatic rings. The molecule has 0 fully saturated rings. The minimum absolute atomic E-state index is 0.198. The Kier molecular flexibility index (Phi) is 5.83. The summed E-state index contributed by atoms with van der Waals surface area (Å²) in [5.41, 5.74) is 6.37. The molecule has 1 aliphatic heterocycles. The Hall–Kier alpha value is -2.77. The number of nitrogens with zero attached hydrogens (tertiary/aromatic N) is 3. The van der Waals surface area contributed by atoms with Crippen LogP contribution in [0.3, 0.4) is 0 Å². The SMILES string of the molecule is Cc1ccc(Nc2cccc3c2CCN(CCS(C)(=O)=O)C3)nc1-c1ccccn1. The number of fused-ring (bicyclic) bond motifs is 1. The van der Waals surface area contributed by atoms with Crippen molar-refractivity contribution in [2.75, 3.05) is 30.4 Å². The smallest absolute Gasteiger partial charge is 0.148 e. The van der Waals surface area contributed by atoms with Crippen LogP contribution < -0.4 is 5.32 Å². The van der Waals surface area contributed by atoms with Crippen molar-refractivity contribution in [2.24, 2.45) is 0 Å². The van der Waals surface area contributed by atoms with E-state index in [9.17, 15) is 8.42 Å². The van der Waals surface area contributed by atoms with Crippen LogP contribution in [0.5, 0.6) is 0 Å². The molecule has 3 heterocycles. The van der Waals surface area contributed by atoms with Crippen molar-refractivity contribution in [3.8, 4) is 11.4 Å². The van der Waals surface area contributed by atoms with Crippen LogP contribution in [0.2, 0.25) is 0 Å². The van der Waals surface area contributed by atoms with Crippen LogP contribution in [-0.2, 0) is 22.8 Å². The maximum atomic E-state index is 11.5. The molecule has 0 spiro atoms. The monoisotopic (exact) mass is 422 g/mol. The molecule has 7 heteroatoms. The number of anilines is 2. The number of aromatic nitrogens is 2. The maximum absolute atomic E-state index is 11.5. The first kappa shape index (κ1) is 20.5. The third-order valence-corrected chi connectivity index (χ3v) is 6.31. The highest BCUT2D eigenvalue weighted by atomic mass is 32.2. The van der Waals surface area contributed by atoms with Crippen molar-refractivity contribution >= 4 is 21.3 Å². The summed E-state index contributed by atoms with van der Waals surface area (Å²) in [7, 11) is -2.95. The van der Waals surface area contributed by atoms with Crippen molar-refractivity contribution in [3.63, 3.8) is 0 Å². The Bertz CT molecular complexity index is 1150. The zero-order chi connectivity index (χ0) is 21.1. The van der Waals surface area contributed by atoms with E-state index in [1.165, 1.54) is 17.4 Å². The van der Waals surface area contributed by atoms with Gasteiger partial charge >= 0.3 is 0 Å². The van der Waals surface area contributed by atoms with Crippen molar-refractivity contribution < 1.29 is 8.42 Å². The lowest BCUT2D eigenvalue weighted by molar-refractivity contribution is 0.269. The summed E-state index contributed by atoms with van der Waals surface area (Å²) in [5, 5.41) is 3.49. The molecule has 0 atom stereocenters. The molecule has 3 aromatic rings. The second-order valence-electron chi connectivity index (χ2n) is 7.80. The summed E-state index contributed by atoms with van der Waals surface area (Å²) in [5.74, 6) is 0.985. The van der Waals surface area contributed by atoms with E-state index in [0.717, 1.165) is 48.0 Å². The molecule has 2 aromatic heterocycles. The van der Waals surface area contributed by atoms with E-state index in [2.05, 4.69) is 33.4 Å². The van der Waals surface area contributed by atoms with Crippen LogP contribution in [0.25, 0.3) is 11.4 Å². The van der Waals surface area contributed by atoms with Gasteiger partial charge in [-0.3, -0.25) is 9.88 Å². The molecule has 1 N–H and O–H groups in total. The lowest BCUT2D eigenvalue weighted by Crippen LogP contribution is -2.34. The number of rotatable bonds is 6. The highest BCUT2D eigenvalue weighted by Gasteiger charge is 2.20. The van der Waals surface area contributed by atoms with Crippen molar-refractivity contribution in [1.29, 1.82) is 0 Å². The van der Waals surface area contributed by atoms with Gasteiger partial charge in [0.25, 0.3) is 0 Å². The van der Waals surface area contributed by atoms with Gasteiger partial charge < -0.3 is 5.32 Å². The van der Waals surface area contributed by atoms with E-state index in [0.29, 0.717) is 6.54 Å². The fourth-order valence-corrected chi connectivity index (χ4v) is 4.36. The van der Waals surface area contributed by atoms with E-state index < -0.39 is 9.84 Å². The molecule has 0 radical (unpaired) electrons. The van der Waals surface area contributed by atoms with Gasteiger partial charge in [-0.2, -0.15) is 0 Å². The van der Waals surface area contributed by atoms with Crippen LogP contribution >= 0.6 is 0 Å². The van der Waals surface area contributed by atoms with Gasteiger partial charge in [-0.1, -0.05) is 24.3 Å². The van der Waals surface area contributed by atoms with E-state index in [1.54, 1.807) is 6.20 Å². The van der Waals surface area contributed by atoms with Crippen LogP contribution in [0.4, 0.5) is 11.5 Å². The molecule has 4 rings (SSSR count). The molecule has 0 aliphatic carbocycles. The molecular formula is C23H26N4O2S. The van der Waals surface area contributed by atoms with Crippen molar-refractivity contribution in [1.82, 2.24) is 14.9 Å². The van der Waals surface area contributed by atoms with Gasteiger partial charge in [0.1, 0.15) is 15.7 Å². The third-order valence-electron chi connectivity index (χ3n) is 5.39. The number of hydrogen-bond acceptors (Lipinski definition) is 6. The van der Waals surface area contributed by atoms with Gasteiger partial charge in [-0.15, -0.1) is 0 Å². The average molecular weight is 423 g/mol.